The van der Waals surface area contributed by atoms with Crippen molar-refractivity contribution < 1.29 is 4.74 Å². The quantitative estimate of drug-likeness (QED) is 0.911. The summed E-state index contributed by atoms with van der Waals surface area (Å²) in [6, 6.07) is 6.74. The van der Waals surface area contributed by atoms with Crippen LogP contribution in [-0.4, -0.2) is 25.5 Å². The third kappa shape index (κ3) is 3.46. The Balaban J connectivity index is 1.58. The van der Waals surface area contributed by atoms with Gasteiger partial charge < -0.3 is 10.1 Å². The van der Waals surface area contributed by atoms with Crippen LogP contribution in [0.2, 0.25) is 5.02 Å². The molecule has 1 aromatic carbocycles. The summed E-state index contributed by atoms with van der Waals surface area (Å²) in [6.07, 6.45) is 3.64. The van der Waals surface area contributed by atoms with Crippen molar-refractivity contribution in [1.82, 2.24) is 5.32 Å². The Kier molecular flexibility index (Phi) is 4.69. The maximum atomic E-state index is 6.13. The third-order valence-electron chi connectivity index (χ3n) is 3.98. The fourth-order valence-electron chi connectivity index (χ4n) is 2.85. The van der Waals surface area contributed by atoms with Gasteiger partial charge in [-0.1, -0.05) is 11.6 Å². The largest absolute Gasteiger partial charge is 0.381 e. The lowest BCUT2D eigenvalue weighted by Gasteiger charge is -2.26. The van der Waals surface area contributed by atoms with Gasteiger partial charge in [0, 0.05) is 29.2 Å². The second kappa shape index (κ2) is 6.49. The zero-order valence-corrected chi connectivity index (χ0v) is 12.6. The summed E-state index contributed by atoms with van der Waals surface area (Å²) < 4.78 is 5.42. The third-order valence-corrected chi connectivity index (χ3v) is 5.34. The second-order valence-electron chi connectivity index (χ2n) is 5.34. The Morgan fingerprint density at radius 2 is 2.32 bits per heavy atom. The van der Waals surface area contributed by atoms with Crippen LogP contribution in [0.15, 0.2) is 23.1 Å². The highest BCUT2D eigenvalue weighted by molar-refractivity contribution is 7.99. The van der Waals surface area contributed by atoms with Crippen LogP contribution in [0.3, 0.4) is 0 Å². The van der Waals surface area contributed by atoms with Gasteiger partial charge in [0.05, 0.1) is 0 Å². The molecule has 0 spiro atoms. The highest BCUT2D eigenvalue weighted by Crippen LogP contribution is 2.37. The maximum Gasteiger partial charge on any atom is 0.0495 e. The zero-order valence-electron chi connectivity index (χ0n) is 11.0. The SMILES string of the molecule is Clc1ccc2c(c1)C(NCCC1CCOC1)CCS2. The molecule has 2 unspecified atom stereocenters. The molecule has 0 amide bonds. The van der Waals surface area contributed by atoms with E-state index >= 15 is 0 Å². The predicted molar refractivity (Wildman–Crippen MR) is 81.1 cm³/mol. The van der Waals surface area contributed by atoms with Crippen LogP contribution >= 0.6 is 23.4 Å². The Morgan fingerprint density at radius 3 is 3.16 bits per heavy atom. The van der Waals surface area contributed by atoms with Gasteiger partial charge in [0.15, 0.2) is 0 Å². The average Bonchev–Trinajstić information content (AvgIpc) is 2.92. The van der Waals surface area contributed by atoms with E-state index in [1.54, 1.807) is 0 Å². The van der Waals surface area contributed by atoms with E-state index in [0.717, 1.165) is 30.7 Å². The van der Waals surface area contributed by atoms with Gasteiger partial charge in [0.2, 0.25) is 0 Å². The van der Waals surface area contributed by atoms with Crippen molar-refractivity contribution in [3.8, 4) is 0 Å². The minimum absolute atomic E-state index is 0.470. The van der Waals surface area contributed by atoms with Crippen LogP contribution in [0.5, 0.6) is 0 Å². The molecule has 2 aliphatic rings. The Bertz CT molecular complexity index is 434. The van der Waals surface area contributed by atoms with Gasteiger partial charge in [-0.15, -0.1) is 11.8 Å². The van der Waals surface area contributed by atoms with E-state index in [1.807, 2.05) is 17.8 Å². The van der Waals surface area contributed by atoms with Crippen LogP contribution in [0.4, 0.5) is 0 Å². The Labute approximate surface area is 124 Å². The molecular weight excluding hydrogens is 278 g/mol. The molecule has 1 saturated heterocycles. The highest BCUT2D eigenvalue weighted by Gasteiger charge is 2.21. The fourth-order valence-corrected chi connectivity index (χ4v) is 4.14. The van der Waals surface area contributed by atoms with E-state index in [4.69, 9.17) is 16.3 Å². The molecule has 0 radical (unpaired) electrons. The van der Waals surface area contributed by atoms with Gasteiger partial charge in [0.1, 0.15) is 0 Å². The molecule has 0 aromatic heterocycles. The summed E-state index contributed by atoms with van der Waals surface area (Å²) in [6.45, 7) is 2.98. The van der Waals surface area contributed by atoms with E-state index in [1.165, 1.54) is 35.5 Å². The van der Waals surface area contributed by atoms with Crippen molar-refractivity contribution in [2.45, 2.75) is 30.2 Å². The number of rotatable bonds is 4. The van der Waals surface area contributed by atoms with E-state index in [-0.39, 0.29) is 0 Å². The highest BCUT2D eigenvalue weighted by atomic mass is 35.5. The lowest BCUT2D eigenvalue weighted by atomic mass is 10.0. The molecule has 3 rings (SSSR count). The molecule has 2 nitrogen and oxygen atoms in total. The van der Waals surface area contributed by atoms with Crippen molar-refractivity contribution in [2.24, 2.45) is 5.92 Å². The van der Waals surface area contributed by atoms with Gasteiger partial charge in [-0.2, -0.15) is 0 Å². The predicted octanol–water partition coefficient (Wildman–Crippen LogP) is 3.89. The second-order valence-corrected chi connectivity index (χ2v) is 6.92. The Morgan fingerprint density at radius 1 is 1.37 bits per heavy atom. The molecule has 2 atom stereocenters. The van der Waals surface area contributed by atoms with Crippen LogP contribution in [0, 0.1) is 5.92 Å². The molecule has 4 heteroatoms. The maximum absolute atomic E-state index is 6.13. The molecule has 0 saturated carbocycles. The summed E-state index contributed by atoms with van der Waals surface area (Å²) >= 11 is 8.07. The van der Waals surface area contributed by atoms with Crippen molar-refractivity contribution in [1.29, 1.82) is 0 Å². The summed E-state index contributed by atoms with van der Waals surface area (Å²) in [7, 11) is 0. The summed E-state index contributed by atoms with van der Waals surface area (Å²) in [4.78, 5) is 1.39. The summed E-state index contributed by atoms with van der Waals surface area (Å²) in [5, 5.41) is 4.55. The molecule has 1 N–H and O–H groups in total. The summed E-state index contributed by atoms with van der Waals surface area (Å²) in [5.74, 6) is 1.95. The molecule has 0 aliphatic carbocycles. The normalized spacial score (nSPS) is 26.4. The monoisotopic (exact) mass is 297 g/mol. The van der Waals surface area contributed by atoms with E-state index < -0.39 is 0 Å². The molecule has 19 heavy (non-hydrogen) atoms. The molecule has 2 aliphatic heterocycles. The van der Waals surface area contributed by atoms with Crippen LogP contribution in [-0.2, 0) is 4.74 Å². The summed E-state index contributed by atoms with van der Waals surface area (Å²) in [5.41, 5.74) is 1.38. The number of hydrogen-bond donors (Lipinski definition) is 1. The van der Waals surface area contributed by atoms with Crippen LogP contribution in [0.25, 0.3) is 0 Å². The number of halogens is 1. The molecular formula is C15H20ClNOS. The topological polar surface area (TPSA) is 21.3 Å². The van der Waals surface area contributed by atoms with Gasteiger partial charge in [0.25, 0.3) is 0 Å². The number of nitrogens with one attached hydrogen (secondary N) is 1. The number of fused-ring (bicyclic) bond motifs is 1. The standard InChI is InChI=1S/C15H20ClNOS/c16-12-1-2-15-13(9-12)14(5-8-19-15)17-6-3-11-4-7-18-10-11/h1-2,9,11,14,17H,3-8,10H2. The van der Waals surface area contributed by atoms with Gasteiger partial charge in [-0.25, -0.2) is 0 Å². The first-order valence-corrected chi connectivity index (χ1v) is 8.42. The van der Waals surface area contributed by atoms with Crippen LogP contribution < -0.4 is 5.32 Å². The number of benzene rings is 1. The first-order chi connectivity index (χ1) is 9.33. The lowest BCUT2D eigenvalue weighted by molar-refractivity contribution is 0.184. The molecule has 104 valence electrons. The van der Waals surface area contributed by atoms with E-state index in [0.29, 0.717) is 6.04 Å². The smallest absolute Gasteiger partial charge is 0.0495 e. The lowest BCUT2D eigenvalue weighted by Crippen LogP contribution is -2.26. The van der Waals surface area contributed by atoms with Gasteiger partial charge in [-0.05, 0) is 61.2 Å². The molecule has 0 bridgehead atoms. The molecule has 1 fully saturated rings. The minimum Gasteiger partial charge on any atom is -0.381 e. The van der Waals surface area contributed by atoms with E-state index in [2.05, 4.69) is 17.4 Å². The molecule has 1 aromatic rings. The van der Waals surface area contributed by atoms with Crippen molar-refractivity contribution >= 4 is 23.4 Å². The van der Waals surface area contributed by atoms with Gasteiger partial charge >= 0.3 is 0 Å². The fraction of sp³-hybridized carbons (Fsp3) is 0.600. The number of thioether (sulfide) groups is 1. The Hall–Kier alpha value is -0.220. The van der Waals surface area contributed by atoms with E-state index in [9.17, 15) is 0 Å². The first-order valence-electron chi connectivity index (χ1n) is 7.06. The number of hydrogen-bond acceptors (Lipinski definition) is 3. The van der Waals surface area contributed by atoms with Crippen molar-refractivity contribution in [3.63, 3.8) is 0 Å². The zero-order chi connectivity index (χ0) is 13.1. The first kappa shape index (κ1) is 13.7. The molecule has 2 heterocycles. The van der Waals surface area contributed by atoms with Gasteiger partial charge in [-0.3, -0.25) is 0 Å². The van der Waals surface area contributed by atoms with Crippen molar-refractivity contribution in [2.75, 3.05) is 25.5 Å². The van der Waals surface area contributed by atoms with Crippen molar-refractivity contribution in [3.05, 3.63) is 28.8 Å². The van der Waals surface area contributed by atoms with Crippen LogP contribution in [0.1, 0.15) is 30.9 Å². The number of ether oxygens (including phenoxy) is 1. The average molecular weight is 298 g/mol. The minimum atomic E-state index is 0.470.